The minimum atomic E-state index is -0.387. The first-order valence-corrected chi connectivity index (χ1v) is 7.70. The van der Waals surface area contributed by atoms with Gasteiger partial charge in [-0.15, -0.1) is 0 Å². The third-order valence-electron chi connectivity index (χ3n) is 3.64. The van der Waals surface area contributed by atoms with E-state index in [-0.39, 0.29) is 22.2 Å². The van der Waals surface area contributed by atoms with Crippen LogP contribution >= 0.6 is 34.2 Å². The molecular weight excluding hydrogens is 380 g/mol. The van der Waals surface area contributed by atoms with Gasteiger partial charge in [0.1, 0.15) is 5.82 Å². The molecule has 2 rings (SSSR count). The molecule has 0 aromatic heterocycles. The lowest BCUT2D eigenvalue weighted by Gasteiger charge is -2.37. The van der Waals surface area contributed by atoms with E-state index in [1.807, 2.05) is 22.6 Å². The second-order valence-corrected chi connectivity index (χ2v) is 7.27. The number of hydrogen-bond acceptors (Lipinski definition) is 1. The molecule has 0 spiro atoms. The molecule has 0 N–H and O–H groups in total. The molecule has 1 fully saturated rings. The monoisotopic (exact) mass is 395 g/mol. The van der Waals surface area contributed by atoms with Gasteiger partial charge in [-0.1, -0.05) is 25.4 Å². The zero-order valence-corrected chi connectivity index (χ0v) is 13.9. The number of benzene rings is 1. The Kier molecular flexibility index (Phi) is 4.40. The van der Waals surface area contributed by atoms with Gasteiger partial charge in [-0.25, -0.2) is 4.39 Å². The van der Waals surface area contributed by atoms with E-state index in [0.717, 1.165) is 25.9 Å². The summed E-state index contributed by atoms with van der Waals surface area (Å²) in [5.74, 6) is -0.486. The molecule has 1 heterocycles. The zero-order chi connectivity index (χ0) is 14.2. The molecule has 1 aliphatic rings. The lowest BCUT2D eigenvalue weighted by atomic mass is 9.82. The molecule has 1 aromatic carbocycles. The van der Waals surface area contributed by atoms with Crippen molar-refractivity contribution in [3.63, 3.8) is 0 Å². The number of nitrogens with zero attached hydrogens (tertiary/aromatic N) is 1. The number of rotatable bonds is 1. The van der Waals surface area contributed by atoms with Crippen LogP contribution in [0.3, 0.4) is 0 Å². The number of carbonyl (C=O) groups is 1. The molecule has 0 radical (unpaired) electrons. The molecule has 0 unspecified atom stereocenters. The first kappa shape index (κ1) is 15.0. The summed E-state index contributed by atoms with van der Waals surface area (Å²) in [6.07, 6.45) is 1.96. The smallest absolute Gasteiger partial charge is 0.255 e. The molecule has 0 bridgehead atoms. The Morgan fingerprint density at radius 3 is 2.53 bits per heavy atom. The summed E-state index contributed by atoms with van der Waals surface area (Å²) in [4.78, 5) is 14.2. The van der Waals surface area contributed by atoms with Gasteiger partial charge in [0.25, 0.3) is 5.91 Å². The fourth-order valence-electron chi connectivity index (χ4n) is 2.17. The van der Waals surface area contributed by atoms with Crippen LogP contribution < -0.4 is 0 Å². The normalized spacial score (nSPS) is 18.5. The van der Waals surface area contributed by atoms with Crippen LogP contribution in [0.2, 0.25) is 5.02 Å². The highest BCUT2D eigenvalue weighted by Crippen LogP contribution is 2.31. The average molecular weight is 396 g/mol. The van der Waals surface area contributed by atoms with Crippen LogP contribution in [0.1, 0.15) is 37.0 Å². The number of carbonyl (C=O) groups excluding carboxylic acids is 1. The molecule has 1 amide bonds. The Morgan fingerprint density at radius 1 is 1.37 bits per heavy atom. The largest absolute Gasteiger partial charge is 0.339 e. The van der Waals surface area contributed by atoms with E-state index in [1.165, 1.54) is 12.1 Å². The summed E-state index contributed by atoms with van der Waals surface area (Å²) < 4.78 is 13.8. The minimum Gasteiger partial charge on any atom is -0.339 e. The van der Waals surface area contributed by atoms with Crippen LogP contribution in [0.15, 0.2) is 12.1 Å². The Labute approximate surface area is 131 Å². The van der Waals surface area contributed by atoms with E-state index >= 15 is 0 Å². The molecule has 1 aliphatic heterocycles. The Morgan fingerprint density at radius 2 is 1.95 bits per heavy atom. The molecule has 0 saturated carbocycles. The van der Waals surface area contributed by atoms with E-state index in [0.29, 0.717) is 9.13 Å². The summed E-state index contributed by atoms with van der Waals surface area (Å²) in [6.45, 7) is 5.89. The van der Waals surface area contributed by atoms with E-state index in [9.17, 15) is 9.18 Å². The number of halogens is 3. The Hall–Kier alpha value is -0.360. The minimum absolute atomic E-state index is 0.0987. The third-order valence-corrected chi connectivity index (χ3v) is 4.78. The molecule has 2 nitrogen and oxygen atoms in total. The zero-order valence-electron chi connectivity index (χ0n) is 11.0. The predicted octanol–water partition coefficient (Wildman–Crippen LogP) is 4.35. The lowest BCUT2D eigenvalue weighted by molar-refractivity contribution is 0.0630. The maximum Gasteiger partial charge on any atom is 0.255 e. The van der Waals surface area contributed by atoms with Gasteiger partial charge in [0, 0.05) is 16.7 Å². The third kappa shape index (κ3) is 3.40. The first-order chi connectivity index (χ1) is 8.80. The number of amides is 1. The van der Waals surface area contributed by atoms with Gasteiger partial charge in [-0.05, 0) is 53.0 Å². The number of hydrogen-bond donors (Lipinski definition) is 0. The molecule has 104 valence electrons. The van der Waals surface area contributed by atoms with Gasteiger partial charge < -0.3 is 4.90 Å². The van der Waals surface area contributed by atoms with E-state index < -0.39 is 0 Å². The van der Waals surface area contributed by atoms with Gasteiger partial charge in [0.05, 0.1) is 10.6 Å². The number of piperidine rings is 1. The van der Waals surface area contributed by atoms with Crippen molar-refractivity contribution in [3.8, 4) is 0 Å². The van der Waals surface area contributed by atoms with Crippen LogP contribution in [0, 0.1) is 14.8 Å². The molecule has 5 heteroatoms. The van der Waals surface area contributed by atoms with Crippen molar-refractivity contribution in [3.05, 3.63) is 32.1 Å². The Balaban J connectivity index is 2.19. The highest BCUT2D eigenvalue weighted by molar-refractivity contribution is 14.1. The van der Waals surface area contributed by atoms with Crippen LogP contribution in [0.4, 0.5) is 4.39 Å². The van der Waals surface area contributed by atoms with E-state index in [1.54, 1.807) is 4.90 Å². The second kappa shape index (κ2) is 5.56. The highest BCUT2D eigenvalue weighted by Gasteiger charge is 2.29. The van der Waals surface area contributed by atoms with E-state index in [2.05, 4.69) is 13.8 Å². The van der Waals surface area contributed by atoms with Crippen molar-refractivity contribution in [1.82, 2.24) is 4.90 Å². The van der Waals surface area contributed by atoms with Crippen molar-refractivity contribution in [2.45, 2.75) is 26.7 Å². The quantitative estimate of drug-likeness (QED) is 0.511. The standard InChI is InChI=1S/C14H16ClFINO/c1-14(2)3-5-18(6-4-14)13(19)9-7-12(17)11(16)8-10(9)15/h7-8H,3-6H2,1-2H3. The fraction of sp³-hybridized carbons (Fsp3) is 0.500. The summed E-state index contributed by atoms with van der Waals surface area (Å²) in [7, 11) is 0. The lowest BCUT2D eigenvalue weighted by Crippen LogP contribution is -2.41. The summed E-state index contributed by atoms with van der Waals surface area (Å²) in [6, 6.07) is 2.74. The molecule has 0 aliphatic carbocycles. The molecular formula is C14H16ClFINO. The first-order valence-electron chi connectivity index (χ1n) is 6.24. The fourth-order valence-corrected chi connectivity index (χ4v) is 2.87. The van der Waals surface area contributed by atoms with Crippen molar-refractivity contribution in [2.75, 3.05) is 13.1 Å². The second-order valence-electron chi connectivity index (χ2n) is 5.70. The van der Waals surface area contributed by atoms with Crippen molar-refractivity contribution >= 4 is 40.1 Å². The van der Waals surface area contributed by atoms with Gasteiger partial charge >= 0.3 is 0 Å². The molecule has 19 heavy (non-hydrogen) atoms. The van der Waals surface area contributed by atoms with Crippen LogP contribution in [0.5, 0.6) is 0 Å². The van der Waals surface area contributed by atoms with Gasteiger partial charge in [-0.2, -0.15) is 0 Å². The maximum atomic E-state index is 13.4. The highest BCUT2D eigenvalue weighted by atomic mass is 127. The van der Waals surface area contributed by atoms with Gasteiger partial charge in [0.2, 0.25) is 0 Å². The maximum absolute atomic E-state index is 13.4. The van der Waals surface area contributed by atoms with E-state index in [4.69, 9.17) is 11.6 Å². The Bertz CT molecular complexity index is 508. The van der Waals surface area contributed by atoms with Crippen molar-refractivity contribution in [2.24, 2.45) is 5.41 Å². The van der Waals surface area contributed by atoms with Gasteiger partial charge in [0.15, 0.2) is 0 Å². The van der Waals surface area contributed by atoms with Gasteiger partial charge in [-0.3, -0.25) is 4.79 Å². The summed E-state index contributed by atoms with van der Waals surface area (Å²) in [5.41, 5.74) is 0.685. The SMILES string of the molecule is CC1(C)CCN(C(=O)c2cc(I)c(F)cc2Cl)CC1. The molecule has 1 saturated heterocycles. The van der Waals surface area contributed by atoms with Crippen molar-refractivity contribution < 1.29 is 9.18 Å². The topological polar surface area (TPSA) is 20.3 Å². The summed E-state index contributed by atoms with van der Waals surface area (Å²) >= 11 is 7.85. The summed E-state index contributed by atoms with van der Waals surface area (Å²) in [5, 5.41) is 0.188. The molecule has 1 aromatic rings. The van der Waals surface area contributed by atoms with Crippen molar-refractivity contribution in [1.29, 1.82) is 0 Å². The average Bonchev–Trinajstić information content (AvgIpc) is 2.33. The molecule has 0 atom stereocenters. The predicted molar refractivity (Wildman–Crippen MR) is 83.0 cm³/mol. The van der Waals surface area contributed by atoms with Crippen LogP contribution in [-0.4, -0.2) is 23.9 Å². The number of likely N-dealkylation sites (tertiary alicyclic amines) is 1. The van der Waals surface area contributed by atoms with Crippen LogP contribution in [-0.2, 0) is 0 Å². The van der Waals surface area contributed by atoms with Crippen LogP contribution in [0.25, 0.3) is 0 Å².